The maximum Gasteiger partial charge on any atom is 0.219 e. The number of furan rings is 1. The van der Waals surface area contributed by atoms with E-state index in [0.29, 0.717) is 23.6 Å². The van der Waals surface area contributed by atoms with Crippen LogP contribution in [-0.4, -0.2) is 20.8 Å². The van der Waals surface area contributed by atoms with Gasteiger partial charge in [-0.1, -0.05) is 23.4 Å². The molecular formula is C13H12N4O2. The summed E-state index contributed by atoms with van der Waals surface area (Å²) >= 11 is 0. The second-order valence-corrected chi connectivity index (χ2v) is 4.18. The number of carbonyl (C=O) groups excluding carboxylic acids is 1. The van der Waals surface area contributed by atoms with Gasteiger partial charge >= 0.3 is 0 Å². The Morgan fingerprint density at radius 1 is 1.37 bits per heavy atom. The Labute approximate surface area is 108 Å². The van der Waals surface area contributed by atoms with Crippen molar-refractivity contribution in [1.82, 2.24) is 15.0 Å². The Morgan fingerprint density at radius 2 is 2.21 bits per heavy atom. The van der Waals surface area contributed by atoms with E-state index in [1.807, 2.05) is 24.3 Å². The number of Topliss-reactive ketones (excluding diaryl/α,β-unsaturated/α-hetero) is 1. The quantitative estimate of drug-likeness (QED) is 0.712. The van der Waals surface area contributed by atoms with E-state index < -0.39 is 0 Å². The summed E-state index contributed by atoms with van der Waals surface area (Å²) in [6.07, 6.45) is 1.65. The van der Waals surface area contributed by atoms with Gasteiger partial charge in [-0.15, -0.1) is 5.10 Å². The van der Waals surface area contributed by atoms with Crippen LogP contribution in [0.1, 0.15) is 16.2 Å². The largest absolute Gasteiger partial charge is 0.453 e. The second-order valence-electron chi connectivity index (χ2n) is 4.18. The fraction of sp³-hybridized carbons (Fsp3) is 0.154. The predicted molar refractivity (Wildman–Crippen MR) is 68.5 cm³/mol. The number of para-hydroxylation sites is 1. The first-order valence-electron chi connectivity index (χ1n) is 5.87. The van der Waals surface area contributed by atoms with Crippen LogP contribution in [-0.2, 0) is 13.1 Å². The molecule has 2 aromatic heterocycles. The molecule has 0 saturated carbocycles. The minimum atomic E-state index is -0.148. The Kier molecular flexibility index (Phi) is 2.85. The summed E-state index contributed by atoms with van der Waals surface area (Å²) in [5, 5.41) is 8.57. The van der Waals surface area contributed by atoms with Crippen LogP contribution >= 0.6 is 0 Å². The number of nitrogens with zero attached hydrogens (tertiary/aromatic N) is 3. The lowest BCUT2D eigenvalue weighted by Gasteiger charge is -1.96. The van der Waals surface area contributed by atoms with E-state index in [4.69, 9.17) is 10.2 Å². The van der Waals surface area contributed by atoms with Gasteiger partial charge in [0.05, 0.1) is 11.9 Å². The van der Waals surface area contributed by atoms with Gasteiger partial charge in [0.15, 0.2) is 5.76 Å². The van der Waals surface area contributed by atoms with Crippen molar-refractivity contribution >= 4 is 16.8 Å². The van der Waals surface area contributed by atoms with Crippen molar-refractivity contribution in [2.45, 2.75) is 13.1 Å². The van der Waals surface area contributed by atoms with Crippen LogP contribution in [0.4, 0.5) is 0 Å². The van der Waals surface area contributed by atoms with Crippen molar-refractivity contribution in [2.75, 3.05) is 0 Å². The Bertz CT molecular complexity index is 696. The molecule has 19 heavy (non-hydrogen) atoms. The van der Waals surface area contributed by atoms with Crippen molar-refractivity contribution in [3.05, 3.63) is 48.0 Å². The number of hydrogen-bond donors (Lipinski definition) is 1. The van der Waals surface area contributed by atoms with Crippen LogP contribution in [0.15, 0.2) is 40.9 Å². The molecule has 1 aromatic carbocycles. The number of fused-ring (bicyclic) bond motifs is 1. The molecule has 0 aliphatic heterocycles. The molecule has 0 aliphatic carbocycles. The van der Waals surface area contributed by atoms with Crippen LogP contribution in [0.25, 0.3) is 11.0 Å². The Hall–Kier alpha value is -2.47. The highest BCUT2D eigenvalue weighted by Crippen LogP contribution is 2.19. The van der Waals surface area contributed by atoms with Crippen molar-refractivity contribution in [3.63, 3.8) is 0 Å². The molecule has 0 unspecified atom stereocenters. The first kappa shape index (κ1) is 11.6. The highest BCUT2D eigenvalue weighted by molar-refractivity contribution is 5.97. The number of benzene rings is 1. The topological polar surface area (TPSA) is 86.9 Å². The van der Waals surface area contributed by atoms with Gasteiger partial charge in [-0.3, -0.25) is 4.79 Å². The van der Waals surface area contributed by atoms with Gasteiger partial charge < -0.3 is 10.2 Å². The molecular weight excluding hydrogens is 244 g/mol. The van der Waals surface area contributed by atoms with Gasteiger partial charge in [0, 0.05) is 11.9 Å². The minimum absolute atomic E-state index is 0.0901. The van der Waals surface area contributed by atoms with Crippen LogP contribution in [0.3, 0.4) is 0 Å². The molecule has 0 spiro atoms. The zero-order chi connectivity index (χ0) is 13.2. The number of carbonyl (C=O) groups is 1. The summed E-state index contributed by atoms with van der Waals surface area (Å²) in [4.78, 5) is 12.1. The average molecular weight is 256 g/mol. The average Bonchev–Trinajstić information content (AvgIpc) is 3.04. The van der Waals surface area contributed by atoms with E-state index in [0.717, 1.165) is 5.39 Å². The maximum absolute atomic E-state index is 12.1. The predicted octanol–water partition coefficient (Wildman–Crippen LogP) is 1.37. The number of rotatable bonds is 4. The van der Waals surface area contributed by atoms with Gasteiger partial charge in [-0.05, 0) is 12.1 Å². The molecule has 0 bridgehead atoms. The summed E-state index contributed by atoms with van der Waals surface area (Å²) in [5.74, 6) is 0.177. The molecule has 0 atom stereocenters. The van der Waals surface area contributed by atoms with E-state index >= 15 is 0 Å². The van der Waals surface area contributed by atoms with E-state index in [9.17, 15) is 4.79 Å². The third kappa shape index (κ3) is 2.25. The zero-order valence-electron chi connectivity index (χ0n) is 10.1. The van der Waals surface area contributed by atoms with Crippen LogP contribution < -0.4 is 5.73 Å². The molecule has 6 heteroatoms. The lowest BCUT2D eigenvalue weighted by molar-refractivity contribution is 0.0942. The monoisotopic (exact) mass is 256 g/mol. The third-order valence-corrected chi connectivity index (χ3v) is 2.80. The number of aromatic nitrogens is 3. The fourth-order valence-corrected chi connectivity index (χ4v) is 1.85. The van der Waals surface area contributed by atoms with Crippen molar-refractivity contribution in [3.8, 4) is 0 Å². The van der Waals surface area contributed by atoms with Crippen LogP contribution in [0, 0.1) is 0 Å². The third-order valence-electron chi connectivity index (χ3n) is 2.80. The SMILES string of the molecule is NCc1cn(CC(=O)c2cc3ccccc3o2)nn1. The van der Waals surface area contributed by atoms with Gasteiger partial charge in [-0.25, -0.2) is 4.68 Å². The van der Waals surface area contributed by atoms with Crippen molar-refractivity contribution in [1.29, 1.82) is 0 Å². The van der Waals surface area contributed by atoms with Crippen molar-refractivity contribution in [2.24, 2.45) is 5.73 Å². The molecule has 0 amide bonds. The van der Waals surface area contributed by atoms with E-state index in [-0.39, 0.29) is 12.3 Å². The summed E-state index contributed by atoms with van der Waals surface area (Å²) in [7, 11) is 0. The zero-order valence-corrected chi connectivity index (χ0v) is 10.1. The van der Waals surface area contributed by atoms with Gasteiger partial charge in [0.25, 0.3) is 0 Å². The summed E-state index contributed by atoms with van der Waals surface area (Å²) in [5.41, 5.74) is 6.79. The van der Waals surface area contributed by atoms with E-state index in [1.165, 1.54) is 4.68 Å². The maximum atomic E-state index is 12.1. The molecule has 2 heterocycles. The number of hydrogen-bond acceptors (Lipinski definition) is 5. The molecule has 2 N–H and O–H groups in total. The fourth-order valence-electron chi connectivity index (χ4n) is 1.85. The Morgan fingerprint density at radius 3 is 2.95 bits per heavy atom. The standard InChI is InChI=1S/C13H12N4O2/c14-6-10-7-17(16-15-10)8-11(18)13-5-9-3-1-2-4-12(9)19-13/h1-5,7H,6,8,14H2. The number of ketones is 1. The molecule has 96 valence electrons. The molecule has 0 saturated heterocycles. The summed E-state index contributed by atoms with van der Waals surface area (Å²) in [6.45, 7) is 0.394. The first-order chi connectivity index (χ1) is 9.26. The van der Waals surface area contributed by atoms with Crippen LogP contribution in [0.2, 0.25) is 0 Å². The summed E-state index contributed by atoms with van der Waals surface area (Å²) in [6, 6.07) is 9.23. The molecule has 6 nitrogen and oxygen atoms in total. The molecule has 0 radical (unpaired) electrons. The number of nitrogens with two attached hydrogens (primary N) is 1. The Balaban J connectivity index is 1.83. The van der Waals surface area contributed by atoms with Gasteiger partial charge in [-0.2, -0.15) is 0 Å². The highest BCUT2D eigenvalue weighted by atomic mass is 16.3. The molecule has 0 aliphatic rings. The van der Waals surface area contributed by atoms with Crippen molar-refractivity contribution < 1.29 is 9.21 Å². The first-order valence-corrected chi connectivity index (χ1v) is 5.87. The summed E-state index contributed by atoms with van der Waals surface area (Å²) < 4.78 is 6.96. The molecule has 3 aromatic rings. The van der Waals surface area contributed by atoms with E-state index in [1.54, 1.807) is 12.3 Å². The smallest absolute Gasteiger partial charge is 0.219 e. The molecule has 3 rings (SSSR count). The highest BCUT2D eigenvalue weighted by Gasteiger charge is 2.13. The van der Waals surface area contributed by atoms with Gasteiger partial charge in [0.2, 0.25) is 5.78 Å². The lowest BCUT2D eigenvalue weighted by atomic mass is 10.2. The lowest BCUT2D eigenvalue weighted by Crippen LogP contribution is -2.10. The minimum Gasteiger partial charge on any atom is -0.453 e. The normalized spacial score (nSPS) is 11.0. The van der Waals surface area contributed by atoms with E-state index in [2.05, 4.69) is 10.3 Å². The van der Waals surface area contributed by atoms with Gasteiger partial charge in [0.1, 0.15) is 12.1 Å². The molecule has 0 fully saturated rings. The van der Waals surface area contributed by atoms with Crippen LogP contribution in [0.5, 0.6) is 0 Å². The second kappa shape index (κ2) is 4.66.